The predicted molar refractivity (Wildman–Crippen MR) is 45.1 cm³/mol. The first kappa shape index (κ1) is 7.49. The van der Waals surface area contributed by atoms with Crippen LogP contribution in [0, 0.1) is 5.92 Å². The van der Waals surface area contributed by atoms with Gasteiger partial charge in [0.25, 0.3) is 0 Å². The minimum Gasteiger partial charge on any atom is -0.0818 e. The van der Waals surface area contributed by atoms with E-state index in [1.54, 1.807) is 0 Å². The predicted octanol–water partition coefficient (Wildman–Crippen LogP) is 3.30. The van der Waals surface area contributed by atoms with Crippen molar-refractivity contribution in [1.82, 2.24) is 0 Å². The van der Waals surface area contributed by atoms with Crippen molar-refractivity contribution in [3.8, 4) is 0 Å². The highest BCUT2D eigenvalue weighted by Gasteiger charge is 2.05. The summed E-state index contributed by atoms with van der Waals surface area (Å²) in [5.41, 5.74) is 1.25. The maximum Gasteiger partial charge on any atom is 0.132 e. The topological polar surface area (TPSA) is 0 Å². The molecule has 0 saturated heterocycles. The molecule has 1 aromatic carbocycles. The number of halogens is 1. The molecule has 0 nitrogen and oxygen atoms in total. The fourth-order valence-electron chi connectivity index (χ4n) is 0.783. The molecule has 0 spiro atoms. The fraction of sp³-hybridized carbons (Fsp3) is 0.222. The molecule has 10 heavy (non-hydrogen) atoms. The summed E-state index contributed by atoms with van der Waals surface area (Å²) >= 11 is 5.71. The lowest BCUT2D eigenvalue weighted by molar-refractivity contribution is 1.15. The average Bonchev–Trinajstić information content (AvgIpc) is 1.88. The Labute approximate surface area is 66.8 Å². The molecule has 0 radical (unpaired) electrons. The zero-order valence-electron chi connectivity index (χ0n) is 6.19. The van der Waals surface area contributed by atoms with Crippen molar-refractivity contribution in [2.24, 2.45) is 0 Å². The van der Waals surface area contributed by atoms with Crippen molar-refractivity contribution in [3.05, 3.63) is 40.8 Å². The minimum atomic E-state index is 0.796. The Morgan fingerprint density at radius 3 is 2.00 bits per heavy atom. The molecule has 0 atom stereocenters. The maximum atomic E-state index is 5.71. The van der Waals surface area contributed by atoms with E-state index in [-0.39, 0.29) is 0 Å². The van der Waals surface area contributed by atoms with Gasteiger partial charge in [-0.1, -0.05) is 11.6 Å². The van der Waals surface area contributed by atoms with Crippen molar-refractivity contribution in [3.63, 3.8) is 0 Å². The molecule has 0 N–H and O–H groups in total. The van der Waals surface area contributed by atoms with Crippen molar-refractivity contribution in [1.29, 1.82) is 0 Å². The number of hydrogen-bond acceptors (Lipinski definition) is 0. The van der Waals surface area contributed by atoms with Gasteiger partial charge in [-0.3, -0.25) is 0 Å². The summed E-state index contributed by atoms with van der Waals surface area (Å²) in [7, 11) is 0. The van der Waals surface area contributed by atoms with Crippen LogP contribution in [0.3, 0.4) is 0 Å². The van der Waals surface area contributed by atoms with Crippen LogP contribution in [0.4, 0.5) is 0 Å². The molecule has 0 amide bonds. The van der Waals surface area contributed by atoms with E-state index in [0.717, 1.165) is 5.02 Å². The van der Waals surface area contributed by atoms with Crippen LogP contribution in [0.1, 0.15) is 19.4 Å². The Hall–Kier alpha value is -0.620. The molecule has 0 bridgehead atoms. The molecule has 0 aromatic heterocycles. The van der Waals surface area contributed by atoms with Gasteiger partial charge in [-0.05, 0) is 0 Å². The number of benzene rings is 1. The number of hydrogen-bond donors (Lipinski definition) is 0. The molecule has 0 aliphatic rings. The second-order valence-electron chi connectivity index (χ2n) is 2.51. The van der Waals surface area contributed by atoms with E-state index in [2.05, 4.69) is 13.8 Å². The van der Waals surface area contributed by atoms with Crippen LogP contribution in [-0.4, -0.2) is 0 Å². The normalized spacial score (nSPS) is 9.50. The summed E-state index contributed by atoms with van der Waals surface area (Å²) in [6.45, 7) is 4.17. The summed E-state index contributed by atoms with van der Waals surface area (Å²) < 4.78 is 0. The second-order valence-corrected chi connectivity index (χ2v) is 2.94. The zero-order valence-corrected chi connectivity index (χ0v) is 6.94. The van der Waals surface area contributed by atoms with Gasteiger partial charge in [-0.2, -0.15) is 0 Å². The van der Waals surface area contributed by atoms with E-state index in [4.69, 9.17) is 11.6 Å². The van der Waals surface area contributed by atoms with Gasteiger partial charge >= 0.3 is 0 Å². The van der Waals surface area contributed by atoms with Gasteiger partial charge in [0.2, 0.25) is 0 Å². The largest absolute Gasteiger partial charge is 0.132 e. The van der Waals surface area contributed by atoms with E-state index >= 15 is 0 Å². The highest BCUT2D eigenvalue weighted by atomic mass is 35.5. The molecular weight excluding hydrogens is 144 g/mol. The van der Waals surface area contributed by atoms with Gasteiger partial charge in [-0.15, -0.1) is 0 Å². The smallest absolute Gasteiger partial charge is 0.0818 e. The van der Waals surface area contributed by atoms with Crippen molar-refractivity contribution in [2.45, 2.75) is 13.8 Å². The fourth-order valence-corrected chi connectivity index (χ4v) is 0.909. The average molecular weight is 154 g/mol. The lowest BCUT2D eigenvalue weighted by atomic mass is 10.0. The lowest BCUT2D eigenvalue weighted by Gasteiger charge is -1.93. The van der Waals surface area contributed by atoms with Gasteiger partial charge < -0.3 is 0 Å². The molecule has 0 fully saturated rings. The third kappa shape index (κ3) is 1.68. The Morgan fingerprint density at radius 2 is 1.60 bits per heavy atom. The standard InChI is InChI=1S/C9H10Cl/c1-7(2)8-3-5-9(10)6-4-8/h3-6H,1-2H3/q+1. The quantitative estimate of drug-likeness (QED) is 0.543. The van der Waals surface area contributed by atoms with Gasteiger partial charge in [-0.25, -0.2) is 0 Å². The van der Waals surface area contributed by atoms with Crippen LogP contribution in [0.25, 0.3) is 0 Å². The Kier molecular flexibility index (Phi) is 2.23. The van der Waals surface area contributed by atoms with Crippen LogP contribution in [0.2, 0.25) is 5.02 Å². The molecule has 0 saturated carbocycles. The van der Waals surface area contributed by atoms with Crippen LogP contribution in [0.5, 0.6) is 0 Å². The maximum absolute atomic E-state index is 5.71. The molecular formula is C9H10Cl+. The summed E-state index contributed by atoms with van der Waals surface area (Å²) in [4.78, 5) is 0. The van der Waals surface area contributed by atoms with Crippen LogP contribution in [-0.2, 0) is 0 Å². The van der Waals surface area contributed by atoms with E-state index in [1.807, 2.05) is 24.3 Å². The Balaban J connectivity index is 2.89. The highest BCUT2D eigenvalue weighted by Crippen LogP contribution is 2.15. The van der Waals surface area contributed by atoms with E-state index in [0.29, 0.717) is 0 Å². The monoisotopic (exact) mass is 153 g/mol. The summed E-state index contributed by atoms with van der Waals surface area (Å²) in [5, 5.41) is 0.796. The SMILES string of the molecule is C[C+](C)c1ccc(Cl)cc1. The highest BCUT2D eigenvalue weighted by molar-refractivity contribution is 6.30. The molecule has 0 aliphatic heterocycles. The van der Waals surface area contributed by atoms with E-state index < -0.39 is 0 Å². The zero-order chi connectivity index (χ0) is 7.56. The molecule has 1 aromatic rings. The van der Waals surface area contributed by atoms with Gasteiger partial charge in [0.15, 0.2) is 0 Å². The van der Waals surface area contributed by atoms with Gasteiger partial charge in [0.05, 0.1) is 5.02 Å². The van der Waals surface area contributed by atoms with Crippen molar-refractivity contribution in [2.75, 3.05) is 0 Å². The van der Waals surface area contributed by atoms with E-state index in [1.165, 1.54) is 11.5 Å². The van der Waals surface area contributed by atoms with Crippen LogP contribution >= 0.6 is 11.6 Å². The molecule has 0 aliphatic carbocycles. The third-order valence-electron chi connectivity index (χ3n) is 1.42. The first-order valence-corrected chi connectivity index (χ1v) is 3.64. The van der Waals surface area contributed by atoms with Gasteiger partial charge in [0.1, 0.15) is 5.56 Å². The lowest BCUT2D eigenvalue weighted by Crippen LogP contribution is -1.85. The van der Waals surface area contributed by atoms with Crippen molar-refractivity contribution >= 4 is 11.6 Å². The first-order chi connectivity index (χ1) is 4.70. The molecule has 1 heteroatoms. The Morgan fingerprint density at radius 1 is 1.10 bits per heavy atom. The molecule has 1 rings (SSSR count). The Bertz CT molecular complexity index is 198. The van der Waals surface area contributed by atoms with Crippen LogP contribution < -0.4 is 0 Å². The first-order valence-electron chi connectivity index (χ1n) is 3.26. The summed E-state index contributed by atoms with van der Waals surface area (Å²) in [6, 6.07) is 7.86. The molecule has 0 unspecified atom stereocenters. The van der Waals surface area contributed by atoms with Crippen LogP contribution in [0.15, 0.2) is 24.3 Å². The van der Waals surface area contributed by atoms with Gasteiger partial charge in [0, 0.05) is 44.0 Å². The third-order valence-corrected chi connectivity index (χ3v) is 1.67. The minimum absolute atomic E-state index is 0.796. The molecule has 52 valence electrons. The summed E-state index contributed by atoms with van der Waals surface area (Å²) in [5.74, 6) is 1.32. The van der Waals surface area contributed by atoms with Crippen molar-refractivity contribution < 1.29 is 0 Å². The molecule has 0 heterocycles. The second kappa shape index (κ2) is 2.98. The van der Waals surface area contributed by atoms with E-state index in [9.17, 15) is 0 Å². The summed E-state index contributed by atoms with van der Waals surface area (Å²) in [6.07, 6.45) is 0. The number of rotatable bonds is 1.